The lowest BCUT2D eigenvalue weighted by atomic mass is 10.1. The van der Waals surface area contributed by atoms with Crippen molar-refractivity contribution in [2.75, 3.05) is 24.8 Å². The minimum Gasteiger partial charge on any atom is -0.465 e. The molecule has 27 heavy (non-hydrogen) atoms. The fourth-order valence-corrected chi connectivity index (χ4v) is 3.91. The number of hydrogen-bond acceptors (Lipinski definition) is 9. The van der Waals surface area contributed by atoms with Crippen LogP contribution < -0.4 is 5.32 Å². The summed E-state index contributed by atoms with van der Waals surface area (Å²) in [6.45, 7) is 2.33. The second kappa shape index (κ2) is 8.98. The zero-order valence-corrected chi connectivity index (χ0v) is 16.3. The molecule has 0 atom stereocenters. The lowest BCUT2D eigenvalue weighted by Crippen LogP contribution is -2.13. The van der Waals surface area contributed by atoms with Crippen molar-refractivity contribution in [2.24, 2.45) is 0 Å². The second-order valence-corrected chi connectivity index (χ2v) is 7.46. The van der Waals surface area contributed by atoms with E-state index in [1.165, 1.54) is 23.1 Å². The SMILES string of the molecule is CCOC(=O)CSc1nnc(NC(=O)c2oc3ccccc3c2COC)s1. The average Bonchev–Trinajstić information content (AvgIpc) is 3.25. The van der Waals surface area contributed by atoms with Gasteiger partial charge >= 0.3 is 5.97 Å². The highest BCUT2D eigenvalue weighted by Crippen LogP contribution is 2.29. The fraction of sp³-hybridized carbons (Fsp3) is 0.294. The Labute approximate surface area is 163 Å². The van der Waals surface area contributed by atoms with Gasteiger partial charge in [-0.3, -0.25) is 14.9 Å². The molecule has 0 saturated carbocycles. The Morgan fingerprint density at radius 1 is 1.30 bits per heavy atom. The summed E-state index contributed by atoms with van der Waals surface area (Å²) in [4.78, 5) is 24.0. The number of carbonyl (C=O) groups excluding carboxylic acids is 2. The molecule has 3 rings (SSSR count). The van der Waals surface area contributed by atoms with Gasteiger partial charge in [-0.25, -0.2) is 0 Å². The van der Waals surface area contributed by atoms with E-state index in [1.54, 1.807) is 20.1 Å². The summed E-state index contributed by atoms with van der Waals surface area (Å²) in [7, 11) is 1.56. The van der Waals surface area contributed by atoms with E-state index in [2.05, 4.69) is 15.5 Å². The number of methoxy groups -OCH3 is 1. The van der Waals surface area contributed by atoms with E-state index in [1.807, 2.05) is 18.2 Å². The quantitative estimate of drug-likeness (QED) is 0.344. The molecule has 3 aromatic rings. The number of anilines is 1. The van der Waals surface area contributed by atoms with Crippen LogP contribution in [0, 0.1) is 0 Å². The summed E-state index contributed by atoms with van der Waals surface area (Å²) >= 11 is 2.37. The number of fused-ring (bicyclic) bond motifs is 1. The molecule has 0 bridgehead atoms. The number of amides is 1. The molecule has 0 unspecified atom stereocenters. The van der Waals surface area contributed by atoms with E-state index in [4.69, 9.17) is 13.9 Å². The number of ether oxygens (including phenoxy) is 2. The molecule has 0 aliphatic carbocycles. The predicted molar refractivity (Wildman–Crippen MR) is 102 cm³/mol. The van der Waals surface area contributed by atoms with Crippen LogP contribution in [-0.2, 0) is 20.9 Å². The first-order valence-electron chi connectivity index (χ1n) is 8.05. The molecule has 1 N–H and O–H groups in total. The molecule has 0 aliphatic heterocycles. The topological polar surface area (TPSA) is 104 Å². The van der Waals surface area contributed by atoms with Crippen molar-refractivity contribution in [1.29, 1.82) is 0 Å². The van der Waals surface area contributed by atoms with Gasteiger partial charge in [-0.15, -0.1) is 10.2 Å². The van der Waals surface area contributed by atoms with Crippen molar-refractivity contribution in [3.05, 3.63) is 35.6 Å². The van der Waals surface area contributed by atoms with Gasteiger partial charge in [0.05, 0.1) is 19.0 Å². The molecular formula is C17H17N3O5S2. The van der Waals surface area contributed by atoms with Crippen LogP contribution >= 0.6 is 23.1 Å². The highest BCUT2D eigenvalue weighted by Gasteiger charge is 2.21. The van der Waals surface area contributed by atoms with Crippen molar-refractivity contribution in [3.63, 3.8) is 0 Å². The van der Waals surface area contributed by atoms with Gasteiger partial charge in [0.15, 0.2) is 10.1 Å². The maximum absolute atomic E-state index is 12.6. The summed E-state index contributed by atoms with van der Waals surface area (Å²) in [5, 5.41) is 11.7. The molecule has 0 aliphatic rings. The first-order valence-corrected chi connectivity index (χ1v) is 9.85. The third-order valence-electron chi connectivity index (χ3n) is 3.44. The highest BCUT2D eigenvalue weighted by atomic mass is 32.2. The molecule has 0 fully saturated rings. The number of thioether (sulfide) groups is 1. The number of nitrogens with zero attached hydrogens (tertiary/aromatic N) is 2. The van der Waals surface area contributed by atoms with E-state index in [-0.39, 0.29) is 24.1 Å². The summed E-state index contributed by atoms with van der Waals surface area (Å²) in [6, 6.07) is 7.37. The maximum atomic E-state index is 12.6. The number of nitrogens with one attached hydrogen (secondary N) is 1. The number of furan rings is 1. The van der Waals surface area contributed by atoms with Gasteiger partial charge in [-0.1, -0.05) is 41.3 Å². The van der Waals surface area contributed by atoms with Crippen LogP contribution in [0.15, 0.2) is 33.0 Å². The van der Waals surface area contributed by atoms with E-state index in [9.17, 15) is 9.59 Å². The molecule has 0 spiro atoms. The van der Waals surface area contributed by atoms with E-state index in [0.29, 0.717) is 27.2 Å². The van der Waals surface area contributed by atoms with Crippen LogP contribution in [0.25, 0.3) is 11.0 Å². The average molecular weight is 407 g/mol. The summed E-state index contributed by atoms with van der Waals surface area (Å²) in [5.41, 5.74) is 1.28. The van der Waals surface area contributed by atoms with Crippen molar-refractivity contribution in [3.8, 4) is 0 Å². The van der Waals surface area contributed by atoms with E-state index in [0.717, 1.165) is 5.39 Å². The largest absolute Gasteiger partial charge is 0.465 e. The lowest BCUT2D eigenvalue weighted by molar-refractivity contribution is -0.139. The van der Waals surface area contributed by atoms with Crippen molar-refractivity contribution in [1.82, 2.24) is 10.2 Å². The fourth-order valence-electron chi connectivity index (χ4n) is 2.37. The Balaban J connectivity index is 1.72. The summed E-state index contributed by atoms with van der Waals surface area (Å²) in [5.74, 6) is -0.446. The normalized spacial score (nSPS) is 10.9. The molecule has 10 heteroatoms. The second-order valence-electron chi connectivity index (χ2n) is 5.26. The van der Waals surface area contributed by atoms with Crippen molar-refractivity contribution >= 4 is 51.1 Å². The Kier molecular flexibility index (Phi) is 6.43. The van der Waals surface area contributed by atoms with Crippen LogP contribution in [0.5, 0.6) is 0 Å². The minimum absolute atomic E-state index is 0.137. The molecular weight excluding hydrogens is 390 g/mol. The number of aromatic nitrogens is 2. The van der Waals surface area contributed by atoms with Crippen molar-refractivity contribution < 1.29 is 23.5 Å². The van der Waals surface area contributed by atoms with Gasteiger partial charge in [0.25, 0.3) is 5.91 Å². The van der Waals surface area contributed by atoms with E-state index < -0.39 is 5.91 Å². The van der Waals surface area contributed by atoms with Gasteiger partial charge in [0.2, 0.25) is 5.13 Å². The zero-order valence-electron chi connectivity index (χ0n) is 14.7. The van der Waals surface area contributed by atoms with Crippen LogP contribution in [0.1, 0.15) is 23.0 Å². The van der Waals surface area contributed by atoms with Crippen molar-refractivity contribution in [2.45, 2.75) is 17.9 Å². The number of hydrogen-bond donors (Lipinski definition) is 1. The smallest absolute Gasteiger partial charge is 0.316 e. The number of esters is 1. The van der Waals surface area contributed by atoms with Gasteiger partial charge in [0, 0.05) is 18.1 Å². The molecule has 0 radical (unpaired) electrons. The summed E-state index contributed by atoms with van der Waals surface area (Å²) in [6.07, 6.45) is 0. The number of rotatable bonds is 8. The first-order chi connectivity index (χ1) is 13.1. The van der Waals surface area contributed by atoms with Crippen LogP contribution in [0.3, 0.4) is 0 Å². The predicted octanol–water partition coefficient (Wildman–Crippen LogP) is 3.34. The molecule has 8 nitrogen and oxygen atoms in total. The molecule has 0 saturated heterocycles. The highest BCUT2D eigenvalue weighted by molar-refractivity contribution is 8.01. The lowest BCUT2D eigenvalue weighted by Gasteiger charge is -2.01. The third kappa shape index (κ3) is 4.65. The number of benzene rings is 1. The summed E-state index contributed by atoms with van der Waals surface area (Å²) < 4.78 is 16.3. The minimum atomic E-state index is -0.434. The molecule has 1 amide bonds. The Hall–Kier alpha value is -2.43. The van der Waals surface area contributed by atoms with Gasteiger partial charge in [-0.2, -0.15) is 0 Å². The molecule has 142 valence electrons. The zero-order chi connectivity index (χ0) is 19.2. The van der Waals surface area contributed by atoms with E-state index >= 15 is 0 Å². The Bertz CT molecular complexity index is 953. The molecule has 2 aromatic heterocycles. The molecule has 2 heterocycles. The Morgan fingerprint density at radius 3 is 2.89 bits per heavy atom. The standard InChI is InChI=1S/C17H17N3O5S2/c1-3-24-13(21)9-26-17-20-19-16(27-17)18-15(22)14-11(8-23-2)10-6-4-5-7-12(10)25-14/h4-7H,3,8-9H2,1-2H3,(H,18,19,22). The maximum Gasteiger partial charge on any atom is 0.316 e. The number of carbonyl (C=O) groups is 2. The third-order valence-corrected chi connectivity index (χ3v) is 5.38. The monoisotopic (exact) mass is 407 g/mol. The Morgan fingerprint density at radius 2 is 2.11 bits per heavy atom. The molecule has 1 aromatic carbocycles. The number of para-hydroxylation sites is 1. The van der Waals surface area contributed by atoms with Gasteiger partial charge in [-0.05, 0) is 13.0 Å². The van der Waals surface area contributed by atoms with Crippen LogP contribution in [-0.4, -0.2) is 41.5 Å². The van der Waals surface area contributed by atoms with Gasteiger partial charge in [0.1, 0.15) is 5.58 Å². The van der Waals surface area contributed by atoms with Gasteiger partial charge < -0.3 is 13.9 Å². The van der Waals surface area contributed by atoms with Crippen LogP contribution in [0.4, 0.5) is 5.13 Å². The van der Waals surface area contributed by atoms with Crippen LogP contribution in [0.2, 0.25) is 0 Å². The first kappa shape index (κ1) is 19.3.